The number of hydrogen-bond acceptors (Lipinski definition) is 7. The standard InChI is InChI=1S/C31H43N5O5/c1-19(2)18-41-31(40)28(21(4)37)32-14-23-9-10-26-27(13-23)36(16-24-8-7-11-35(15-24)22(5)38)29(33-26)25-12-20(3)30(39)34(6)17-25/h9-10,12-13,17,19,21,24,28,32,37H,7-8,11,14-16,18H2,1-6H3. The summed E-state index contributed by atoms with van der Waals surface area (Å²) in [6.07, 6.45) is 2.85. The van der Waals surface area contributed by atoms with E-state index in [2.05, 4.69) is 16.0 Å². The number of nitrogens with zero attached hydrogens (tertiary/aromatic N) is 4. The Kier molecular flexibility index (Phi) is 9.65. The molecule has 41 heavy (non-hydrogen) atoms. The fourth-order valence-corrected chi connectivity index (χ4v) is 5.46. The number of hydrogen-bond donors (Lipinski definition) is 2. The monoisotopic (exact) mass is 565 g/mol. The summed E-state index contributed by atoms with van der Waals surface area (Å²) in [7, 11) is 1.74. The molecular formula is C31H43N5O5. The molecule has 0 saturated carbocycles. The average Bonchev–Trinajstić information content (AvgIpc) is 3.27. The van der Waals surface area contributed by atoms with Crippen LogP contribution in [0.1, 0.15) is 51.7 Å². The van der Waals surface area contributed by atoms with Crippen LogP contribution in [-0.4, -0.2) is 67.8 Å². The number of ether oxygens (including phenoxy) is 1. The number of imidazole rings is 1. The normalized spacial score (nSPS) is 17.2. The quantitative estimate of drug-likeness (QED) is 0.363. The maximum absolute atomic E-state index is 12.6. The molecule has 0 radical (unpaired) electrons. The highest BCUT2D eigenvalue weighted by molar-refractivity contribution is 5.81. The molecule has 1 amide bonds. The first-order valence-corrected chi connectivity index (χ1v) is 14.4. The van der Waals surface area contributed by atoms with E-state index in [1.165, 1.54) is 0 Å². The molecule has 1 fully saturated rings. The lowest BCUT2D eigenvalue weighted by Gasteiger charge is -2.32. The van der Waals surface area contributed by atoms with Gasteiger partial charge in [0.25, 0.3) is 5.56 Å². The lowest BCUT2D eigenvalue weighted by Crippen LogP contribution is -2.45. The largest absolute Gasteiger partial charge is 0.464 e. The first kappa shape index (κ1) is 30.5. The van der Waals surface area contributed by atoms with Crippen molar-refractivity contribution in [3.63, 3.8) is 0 Å². The Balaban J connectivity index is 1.68. The predicted molar refractivity (Wildman–Crippen MR) is 158 cm³/mol. The second-order valence-corrected chi connectivity index (χ2v) is 11.8. The number of pyridine rings is 1. The number of aliphatic hydroxyl groups excluding tert-OH is 1. The zero-order chi connectivity index (χ0) is 29.8. The lowest BCUT2D eigenvalue weighted by molar-refractivity contribution is -0.150. The Labute approximate surface area is 241 Å². The molecular weight excluding hydrogens is 522 g/mol. The molecule has 222 valence electrons. The minimum atomic E-state index is -0.918. The van der Waals surface area contributed by atoms with Crippen LogP contribution in [-0.2, 0) is 34.5 Å². The van der Waals surface area contributed by atoms with Gasteiger partial charge >= 0.3 is 5.97 Å². The number of fused-ring (bicyclic) bond motifs is 1. The minimum absolute atomic E-state index is 0.0475. The molecule has 10 heteroatoms. The van der Waals surface area contributed by atoms with Crippen molar-refractivity contribution in [2.24, 2.45) is 18.9 Å². The van der Waals surface area contributed by atoms with Crippen LogP contribution in [0.15, 0.2) is 35.3 Å². The maximum Gasteiger partial charge on any atom is 0.325 e. The predicted octanol–water partition coefficient (Wildman–Crippen LogP) is 3.01. The van der Waals surface area contributed by atoms with Gasteiger partial charge in [-0.3, -0.25) is 19.7 Å². The van der Waals surface area contributed by atoms with Gasteiger partial charge in [0, 0.05) is 57.5 Å². The Morgan fingerprint density at radius 1 is 1.22 bits per heavy atom. The Bertz CT molecular complexity index is 1430. The van der Waals surface area contributed by atoms with Crippen molar-refractivity contribution in [1.82, 2.24) is 24.3 Å². The van der Waals surface area contributed by atoms with Crippen molar-refractivity contribution < 1.29 is 19.4 Å². The smallest absolute Gasteiger partial charge is 0.325 e. The third-order valence-electron chi connectivity index (χ3n) is 7.66. The summed E-state index contributed by atoms with van der Waals surface area (Å²) >= 11 is 0. The third kappa shape index (κ3) is 7.23. The van der Waals surface area contributed by atoms with E-state index in [1.54, 1.807) is 32.4 Å². The first-order chi connectivity index (χ1) is 19.4. The number of piperidine rings is 1. The summed E-state index contributed by atoms with van der Waals surface area (Å²) in [4.78, 5) is 44.0. The topological polar surface area (TPSA) is 119 Å². The van der Waals surface area contributed by atoms with E-state index in [-0.39, 0.29) is 23.3 Å². The molecule has 1 aliphatic heterocycles. The van der Waals surface area contributed by atoms with Gasteiger partial charge in [-0.05, 0) is 62.3 Å². The van der Waals surface area contributed by atoms with Crippen LogP contribution in [0, 0.1) is 18.8 Å². The number of aliphatic hydroxyl groups is 1. The van der Waals surface area contributed by atoms with Crippen molar-refractivity contribution in [1.29, 1.82) is 0 Å². The van der Waals surface area contributed by atoms with E-state index in [4.69, 9.17) is 9.72 Å². The fraction of sp³-hybridized carbons (Fsp3) is 0.548. The van der Waals surface area contributed by atoms with Crippen LogP contribution < -0.4 is 10.9 Å². The number of aryl methyl sites for hydroxylation is 2. The molecule has 3 atom stereocenters. The van der Waals surface area contributed by atoms with Gasteiger partial charge in [0.2, 0.25) is 5.91 Å². The minimum Gasteiger partial charge on any atom is -0.464 e. The number of aromatic nitrogens is 3. The van der Waals surface area contributed by atoms with Crippen LogP contribution in [0.2, 0.25) is 0 Å². The molecule has 1 aliphatic rings. The number of rotatable bonds is 10. The summed E-state index contributed by atoms with van der Waals surface area (Å²) in [6.45, 7) is 11.7. The van der Waals surface area contributed by atoms with Crippen molar-refractivity contribution >= 4 is 22.9 Å². The third-order valence-corrected chi connectivity index (χ3v) is 7.66. The molecule has 3 unspecified atom stereocenters. The van der Waals surface area contributed by atoms with Crippen LogP contribution in [0.5, 0.6) is 0 Å². The summed E-state index contributed by atoms with van der Waals surface area (Å²) in [5.74, 6) is 0.844. The van der Waals surface area contributed by atoms with Crippen LogP contribution in [0.4, 0.5) is 0 Å². The zero-order valence-electron chi connectivity index (χ0n) is 25.0. The molecule has 2 aromatic heterocycles. The molecule has 2 N–H and O–H groups in total. The number of likely N-dealkylation sites (tertiary alicyclic amines) is 1. The van der Waals surface area contributed by atoms with Crippen molar-refractivity contribution in [3.05, 3.63) is 51.9 Å². The van der Waals surface area contributed by atoms with Gasteiger partial charge in [0.1, 0.15) is 11.9 Å². The van der Waals surface area contributed by atoms with E-state index >= 15 is 0 Å². The van der Waals surface area contributed by atoms with Gasteiger partial charge in [-0.2, -0.15) is 0 Å². The van der Waals surface area contributed by atoms with E-state index in [0.717, 1.165) is 47.4 Å². The number of carbonyl (C=O) groups is 2. The van der Waals surface area contributed by atoms with Crippen molar-refractivity contribution in [3.8, 4) is 11.4 Å². The summed E-state index contributed by atoms with van der Waals surface area (Å²) in [6, 6.07) is 6.99. The molecule has 10 nitrogen and oxygen atoms in total. The van der Waals surface area contributed by atoms with E-state index < -0.39 is 18.1 Å². The highest BCUT2D eigenvalue weighted by Gasteiger charge is 2.26. The van der Waals surface area contributed by atoms with Crippen LogP contribution in [0.3, 0.4) is 0 Å². The summed E-state index contributed by atoms with van der Waals surface area (Å²) in [5, 5.41) is 13.4. The Morgan fingerprint density at radius 3 is 2.63 bits per heavy atom. The molecule has 1 aromatic carbocycles. The second-order valence-electron chi connectivity index (χ2n) is 11.8. The number of carbonyl (C=O) groups excluding carboxylic acids is 2. The SMILES string of the molecule is CC(=O)N1CCCC(Cn2c(-c3cc(C)c(=O)n(C)c3)nc3ccc(CNC(C(=O)OCC(C)C)C(C)O)cc32)C1. The molecule has 3 aromatic rings. The van der Waals surface area contributed by atoms with Gasteiger partial charge in [-0.25, -0.2) is 4.98 Å². The molecule has 0 bridgehead atoms. The lowest BCUT2D eigenvalue weighted by atomic mass is 9.97. The second kappa shape index (κ2) is 13.0. The molecule has 3 heterocycles. The summed E-state index contributed by atoms with van der Waals surface area (Å²) in [5.41, 5.74) is 4.12. The number of amides is 1. The van der Waals surface area contributed by atoms with Crippen LogP contribution in [0.25, 0.3) is 22.4 Å². The number of esters is 1. The Hall–Kier alpha value is -3.50. The molecule has 0 spiro atoms. The van der Waals surface area contributed by atoms with E-state index in [0.29, 0.717) is 31.8 Å². The van der Waals surface area contributed by atoms with Gasteiger partial charge in [-0.1, -0.05) is 19.9 Å². The molecule has 0 aliphatic carbocycles. The van der Waals surface area contributed by atoms with E-state index in [9.17, 15) is 19.5 Å². The highest BCUT2D eigenvalue weighted by Crippen LogP contribution is 2.29. The van der Waals surface area contributed by atoms with Gasteiger partial charge in [0.05, 0.1) is 23.7 Å². The van der Waals surface area contributed by atoms with Crippen molar-refractivity contribution in [2.75, 3.05) is 19.7 Å². The van der Waals surface area contributed by atoms with Gasteiger partial charge in [0.15, 0.2) is 0 Å². The molecule has 4 rings (SSSR count). The fourth-order valence-electron chi connectivity index (χ4n) is 5.46. The molecule has 1 saturated heterocycles. The zero-order valence-corrected chi connectivity index (χ0v) is 25.0. The van der Waals surface area contributed by atoms with E-state index in [1.807, 2.05) is 43.1 Å². The maximum atomic E-state index is 12.6. The number of benzene rings is 1. The van der Waals surface area contributed by atoms with Crippen molar-refractivity contribution in [2.45, 2.75) is 72.7 Å². The summed E-state index contributed by atoms with van der Waals surface area (Å²) < 4.78 is 9.14. The van der Waals surface area contributed by atoms with Crippen LogP contribution >= 0.6 is 0 Å². The first-order valence-electron chi connectivity index (χ1n) is 14.4. The highest BCUT2D eigenvalue weighted by atomic mass is 16.5. The number of nitrogens with one attached hydrogen (secondary N) is 1. The Morgan fingerprint density at radius 2 is 1.98 bits per heavy atom. The van der Waals surface area contributed by atoms with Gasteiger partial charge in [-0.15, -0.1) is 0 Å². The average molecular weight is 566 g/mol. The van der Waals surface area contributed by atoms with Gasteiger partial charge < -0.3 is 23.9 Å².